The summed E-state index contributed by atoms with van der Waals surface area (Å²) in [4.78, 5) is 26.7. The molecule has 0 saturated carbocycles. The highest BCUT2D eigenvalue weighted by Crippen LogP contribution is 2.27. The van der Waals surface area contributed by atoms with Gasteiger partial charge in [-0.25, -0.2) is 9.18 Å². The average molecular weight is 442 g/mol. The minimum atomic E-state index is -1.09. The normalized spacial score (nSPS) is 21.6. The average Bonchev–Trinajstić information content (AvgIpc) is 2.94. The monoisotopic (exact) mass is 442 g/mol. The van der Waals surface area contributed by atoms with Crippen molar-refractivity contribution in [1.82, 2.24) is 14.0 Å². The number of amides is 1. The maximum Gasteiger partial charge on any atom is 0.328 e. The Morgan fingerprint density at radius 2 is 1.97 bits per heavy atom. The lowest BCUT2D eigenvalue weighted by molar-refractivity contribution is -0.122. The first-order valence-corrected chi connectivity index (χ1v) is 10.5. The van der Waals surface area contributed by atoms with E-state index in [2.05, 4.69) is 5.32 Å². The van der Waals surface area contributed by atoms with Gasteiger partial charge in [-0.05, 0) is 43.7 Å². The lowest BCUT2D eigenvalue weighted by atomic mass is 9.90. The summed E-state index contributed by atoms with van der Waals surface area (Å²) in [7, 11) is 3.39. The number of piperidine rings is 1. The third-order valence-electron chi connectivity index (χ3n) is 6.05. The van der Waals surface area contributed by atoms with Crippen molar-refractivity contribution in [3.05, 3.63) is 58.8 Å². The third kappa shape index (κ3) is 4.39. The number of nitrogens with zero attached hydrogens (tertiary/aromatic N) is 3. The quantitative estimate of drug-likeness (QED) is 0.630. The van der Waals surface area contributed by atoms with Crippen LogP contribution >= 0.6 is 0 Å². The molecule has 4 rings (SSSR count). The van der Waals surface area contributed by atoms with E-state index in [1.54, 1.807) is 55.9 Å². The summed E-state index contributed by atoms with van der Waals surface area (Å²) < 4.78 is 22.4. The first-order chi connectivity index (χ1) is 15.1. The fourth-order valence-electron chi connectivity index (χ4n) is 4.07. The van der Waals surface area contributed by atoms with Crippen molar-refractivity contribution in [3.63, 3.8) is 0 Å². The van der Waals surface area contributed by atoms with Crippen LogP contribution in [0.2, 0.25) is 0 Å². The lowest BCUT2D eigenvalue weighted by Crippen LogP contribution is -2.57. The van der Waals surface area contributed by atoms with Gasteiger partial charge >= 0.3 is 5.69 Å². The van der Waals surface area contributed by atoms with Gasteiger partial charge in [0.25, 0.3) is 0 Å². The zero-order valence-electron chi connectivity index (χ0n) is 18.3. The number of nitrogens with one attached hydrogen (secondary N) is 1. The molecule has 0 radical (unpaired) electrons. The fraction of sp³-hybridized carbons (Fsp3) is 0.391. The van der Waals surface area contributed by atoms with Crippen LogP contribution in [0.15, 0.2) is 47.3 Å². The second-order valence-corrected chi connectivity index (χ2v) is 8.56. The van der Waals surface area contributed by atoms with Gasteiger partial charge in [0.1, 0.15) is 23.3 Å². The lowest BCUT2D eigenvalue weighted by Gasteiger charge is -2.42. The van der Waals surface area contributed by atoms with Crippen LogP contribution in [0.1, 0.15) is 13.3 Å². The number of carbonyl (C=O) groups is 1. The van der Waals surface area contributed by atoms with Gasteiger partial charge in [0.2, 0.25) is 5.91 Å². The standard InChI is InChI=1S/C23H27FN4O4/c1-23(31)9-10-28(13-20(23)32-17-6-4-5-15(24)11-17)14-21(29)25-16-7-8-18-19(12-16)27(3)22(30)26(18)2/h4-8,11-12,20,31H,9-10,13-14H2,1-3H3,(H,25,29)/t20-,23-/m0/s1. The molecule has 1 aromatic heterocycles. The molecule has 1 fully saturated rings. The summed E-state index contributed by atoms with van der Waals surface area (Å²) >= 11 is 0. The van der Waals surface area contributed by atoms with Crippen LogP contribution in [0.5, 0.6) is 5.75 Å². The van der Waals surface area contributed by atoms with Gasteiger partial charge in [0.05, 0.1) is 17.6 Å². The van der Waals surface area contributed by atoms with Gasteiger partial charge in [-0.2, -0.15) is 0 Å². The topological polar surface area (TPSA) is 88.7 Å². The minimum Gasteiger partial charge on any atom is -0.486 e. The fourth-order valence-corrected chi connectivity index (χ4v) is 4.07. The summed E-state index contributed by atoms with van der Waals surface area (Å²) in [6.07, 6.45) is -0.195. The Balaban J connectivity index is 1.42. The van der Waals surface area contributed by atoms with Crippen molar-refractivity contribution in [1.29, 1.82) is 0 Å². The van der Waals surface area contributed by atoms with Gasteiger partial charge in [0, 0.05) is 38.9 Å². The number of rotatable bonds is 5. The summed E-state index contributed by atoms with van der Waals surface area (Å²) in [6, 6.07) is 11.1. The molecule has 1 aliphatic heterocycles. The van der Waals surface area contributed by atoms with Crippen LogP contribution in [-0.4, -0.2) is 56.4 Å². The van der Waals surface area contributed by atoms with Gasteiger partial charge in [-0.3, -0.25) is 18.8 Å². The summed E-state index contributed by atoms with van der Waals surface area (Å²) in [5, 5.41) is 13.6. The van der Waals surface area contributed by atoms with E-state index in [-0.39, 0.29) is 18.1 Å². The summed E-state index contributed by atoms with van der Waals surface area (Å²) in [6.45, 7) is 2.65. The van der Waals surface area contributed by atoms with Crippen LogP contribution in [0.25, 0.3) is 11.0 Å². The summed E-state index contributed by atoms with van der Waals surface area (Å²) in [5.41, 5.74) is 0.884. The Morgan fingerprint density at radius 3 is 2.72 bits per heavy atom. The molecule has 9 heteroatoms. The highest BCUT2D eigenvalue weighted by atomic mass is 19.1. The van der Waals surface area contributed by atoms with Gasteiger partial charge in [-0.1, -0.05) is 6.07 Å². The minimum absolute atomic E-state index is 0.116. The number of ether oxygens (including phenoxy) is 1. The van der Waals surface area contributed by atoms with Crippen LogP contribution in [0, 0.1) is 5.82 Å². The molecule has 1 amide bonds. The molecule has 0 bridgehead atoms. The molecule has 0 aliphatic carbocycles. The molecule has 8 nitrogen and oxygen atoms in total. The van der Waals surface area contributed by atoms with E-state index in [4.69, 9.17) is 4.74 Å². The zero-order chi connectivity index (χ0) is 23.0. The number of likely N-dealkylation sites (tertiary alicyclic amines) is 1. The number of hydrogen-bond acceptors (Lipinski definition) is 5. The van der Waals surface area contributed by atoms with Crippen molar-refractivity contribution in [2.45, 2.75) is 25.0 Å². The smallest absolute Gasteiger partial charge is 0.328 e. The van der Waals surface area contributed by atoms with Crippen LogP contribution in [0.3, 0.4) is 0 Å². The predicted octanol–water partition coefficient (Wildman–Crippen LogP) is 1.86. The van der Waals surface area contributed by atoms with Crippen molar-refractivity contribution in [2.75, 3.05) is 25.0 Å². The summed E-state index contributed by atoms with van der Waals surface area (Å²) in [5.74, 6) is -0.290. The van der Waals surface area contributed by atoms with Crippen molar-refractivity contribution in [3.8, 4) is 5.75 Å². The molecule has 2 heterocycles. The first kappa shape index (κ1) is 22.0. The molecule has 2 atom stereocenters. The molecule has 1 aliphatic rings. The van der Waals surface area contributed by atoms with E-state index in [1.807, 2.05) is 4.90 Å². The van der Waals surface area contributed by atoms with Crippen LogP contribution < -0.4 is 15.7 Å². The third-order valence-corrected chi connectivity index (χ3v) is 6.05. The number of fused-ring (bicyclic) bond motifs is 1. The number of carbonyl (C=O) groups excluding carboxylic acids is 1. The Morgan fingerprint density at radius 1 is 1.22 bits per heavy atom. The van der Waals surface area contributed by atoms with Gasteiger partial charge in [0.15, 0.2) is 0 Å². The van der Waals surface area contributed by atoms with E-state index in [0.29, 0.717) is 30.9 Å². The Kier molecular flexibility index (Phi) is 5.79. The molecule has 32 heavy (non-hydrogen) atoms. The Hall–Kier alpha value is -3.17. The number of aromatic nitrogens is 2. The number of imidazole rings is 1. The first-order valence-electron chi connectivity index (χ1n) is 10.5. The Bertz CT molecular complexity index is 1220. The second kappa shape index (κ2) is 8.40. The van der Waals surface area contributed by atoms with Crippen LogP contribution in [0.4, 0.5) is 10.1 Å². The number of anilines is 1. The van der Waals surface area contributed by atoms with E-state index >= 15 is 0 Å². The van der Waals surface area contributed by atoms with Gasteiger partial charge in [-0.15, -0.1) is 0 Å². The molecule has 2 N–H and O–H groups in total. The zero-order valence-corrected chi connectivity index (χ0v) is 18.3. The van der Waals surface area contributed by atoms with Gasteiger partial charge < -0.3 is 15.2 Å². The predicted molar refractivity (Wildman–Crippen MR) is 119 cm³/mol. The van der Waals surface area contributed by atoms with E-state index in [9.17, 15) is 19.1 Å². The van der Waals surface area contributed by atoms with Crippen molar-refractivity contribution in [2.24, 2.45) is 14.1 Å². The molecule has 0 unspecified atom stereocenters. The molecule has 2 aromatic carbocycles. The second-order valence-electron chi connectivity index (χ2n) is 8.56. The largest absolute Gasteiger partial charge is 0.486 e. The molecule has 3 aromatic rings. The number of aryl methyl sites for hydroxylation is 2. The highest BCUT2D eigenvalue weighted by Gasteiger charge is 2.39. The Labute approximate surface area is 184 Å². The molecule has 1 saturated heterocycles. The molecule has 170 valence electrons. The van der Waals surface area contributed by atoms with Crippen molar-refractivity contribution >= 4 is 22.6 Å². The number of halogens is 1. The van der Waals surface area contributed by atoms with E-state index in [0.717, 1.165) is 11.0 Å². The molecular weight excluding hydrogens is 415 g/mol. The molecule has 0 spiro atoms. The number of benzene rings is 2. The maximum absolute atomic E-state index is 13.5. The van der Waals surface area contributed by atoms with Crippen molar-refractivity contribution < 1.29 is 19.0 Å². The molecular formula is C23H27FN4O4. The van der Waals surface area contributed by atoms with E-state index in [1.165, 1.54) is 16.7 Å². The maximum atomic E-state index is 13.5. The number of aliphatic hydroxyl groups is 1. The number of hydrogen-bond donors (Lipinski definition) is 2. The highest BCUT2D eigenvalue weighted by molar-refractivity contribution is 5.94. The van der Waals surface area contributed by atoms with E-state index < -0.39 is 17.5 Å². The van der Waals surface area contributed by atoms with Crippen LogP contribution in [-0.2, 0) is 18.9 Å². The SMILES string of the molecule is Cn1c(=O)n(C)c2cc(NC(=O)CN3CC[C@](C)(O)[C@@H](Oc4cccc(F)c4)C3)ccc21.